The van der Waals surface area contributed by atoms with E-state index in [1.165, 1.54) is 28.4 Å². The molecule has 0 amide bonds. The number of esters is 1. The minimum Gasteiger partial charge on any atom is -0.465 e. The zero-order chi connectivity index (χ0) is 18.7. The summed E-state index contributed by atoms with van der Waals surface area (Å²) >= 11 is 5.14. The molecule has 0 radical (unpaired) electrons. The van der Waals surface area contributed by atoms with Crippen LogP contribution in [0.15, 0.2) is 45.1 Å². The molecule has 0 atom stereocenters. The lowest BCUT2D eigenvalue weighted by atomic mass is 10.2. The van der Waals surface area contributed by atoms with Gasteiger partial charge in [-0.15, -0.1) is 11.3 Å². The van der Waals surface area contributed by atoms with E-state index < -0.39 is 16.0 Å². The number of carbonyl (C=O) groups excluding carboxylic acids is 1. The van der Waals surface area contributed by atoms with Gasteiger partial charge in [-0.05, 0) is 40.2 Å². The van der Waals surface area contributed by atoms with Crippen molar-refractivity contribution in [3.63, 3.8) is 0 Å². The predicted molar refractivity (Wildman–Crippen MR) is 104 cm³/mol. The first-order chi connectivity index (χ1) is 12.4. The van der Waals surface area contributed by atoms with Crippen LogP contribution in [-0.2, 0) is 21.3 Å². The molecule has 1 aliphatic rings. The van der Waals surface area contributed by atoms with Gasteiger partial charge in [0.1, 0.15) is 0 Å². The molecule has 140 valence electrons. The minimum absolute atomic E-state index is 0.00230. The lowest BCUT2D eigenvalue weighted by molar-refractivity contribution is 0.0596. The number of methoxy groups -OCH3 is 1. The van der Waals surface area contributed by atoms with E-state index >= 15 is 0 Å². The maximum atomic E-state index is 13.0. The van der Waals surface area contributed by atoms with Crippen molar-refractivity contribution in [1.29, 1.82) is 0 Å². The zero-order valence-corrected chi connectivity index (χ0v) is 17.4. The van der Waals surface area contributed by atoms with Gasteiger partial charge in [0.15, 0.2) is 0 Å². The van der Waals surface area contributed by atoms with Crippen molar-refractivity contribution < 1.29 is 17.9 Å². The molecule has 26 heavy (non-hydrogen) atoms. The van der Waals surface area contributed by atoms with Crippen LogP contribution in [0.25, 0.3) is 0 Å². The third kappa shape index (κ3) is 4.17. The highest BCUT2D eigenvalue weighted by molar-refractivity contribution is 9.11. The van der Waals surface area contributed by atoms with Gasteiger partial charge in [0.25, 0.3) is 0 Å². The number of benzene rings is 1. The number of piperazine rings is 1. The van der Waals surface area contributed by atoms with Crippen LogP contribution in [0, 0.1) is 0 Å². The fourth-order valence-electron chi connectivity index (χ4n) is 2.89. The van der Waals surface area contributed by atoms with E-state index in [0.717, 1.165) is 10.3 Å². The van der Waals surface area contributed by atoms with Gasteiger partial charge >= 0.3 is 5.97 Å². The van der Waals surface area contributed by atoms with Crippen molar-refractivity contribution >= 4 is 43.3 Å². The lowest BCUT2D eigenvalue weighted by Gasteiger charge is -2.33. The highest BCUT2D eigenvalue weighted by Gasteiger charge is 2.31. The summed E-state index contributed by atoms with van der Waals surface area (Å²) < 4.78 is 33.2. The Hall–Kier alpha value is -1.26. The Balaban J connectivity index is 1.71. The molecule has 0 spiro atoms. The van der Waals surface area contributed by atoms with E-state index in [1.54, 1.807) is 23.5 Å². The van der Waals surface area contributed by atoms with Gasteiger partial charge in [-0.1, -0.05) is 12.1 Å². The second-order valence-corrected chi connectivity index (χ2v) is 10.3. The fourth-order valence-corrected chi connectivity index (χ4v) is 6.02. The number of sulfonamides is 1. The molecule has 1 aromatic heterocycles. The van der Waals surface area contributed by atoms with Gasteiger partial charge in [0.05, 0.1) is 21.4 Å². The number of halogens is 1. The third-order valence-corrected chi connectivity index (χ3v) is 7.81. The molecule has 2 heterocycles. The monoisotopic (exact) mass is 458 g/mol. The van der Waals surface area contributed by atoms with Crippen LogP contribution in [0.1, 0.15) is 15.2 Å². The normalized spacial score (nSPS) is 16.5. The van der Waals surface area contributed by atoms with E-state index in [9.17, 15) is 13.2 Å². The SMILES string of the molecule is COC(=O)c1ccccc1S(=O)(=O)N1CCN(Cc2ccc(Br)s2)CC1. The molecule has 6 nitrogen and oxygen atoms in total. The molecule has 0 unspecified atom stereocenters. The molecule has 3 rings (SSSR count). The van der Waals surface area contributed by atoms with Gasteiger partial charge in [0, 0.05) is 37.6 Å². The predicted octanol–water partition coefficient (Wildman–Crippen LogP) is 2.80. The molecule has 0 N–H and O–H groups in total. The third-order valence-electron chi connectivity index (χ3n) is 4.25. The van der Waals surface area contributed by atoms with Gasteiger partial charge in [-0.2, -0.15) is 4.31 Å². The highest BCUT2D eigenvalue weighted by Crippen LogP contribution is 2.25. The van der Waals surface area contributed by atoms with E-state index in [1.807, 2.05) is 6.07 Å². The second kappa shape index (κ2) is 8.18. The number of nitrogens with zero attached hydrogens (tertiary/aromatic N) is 2. The van der Waals surface area contributed by atoms with Crippen LogP contribution < -0.4 is 0 Å². The van der Waals surface area contributed by atoms with Crippen molar-refractivity contribution in [2.45, 2.75) is 11.4 Å². The van der Waals surface area contributed by atoms with E-state index in [4.69, 9.17) is 4.74 Å². The summed E-state index contributed by atoms with van der Waals surface area (Å²) in [6, 6.07) is 10.3. The number of ether oxygens (including phenoxy) is 1. The van der Waals surface area contributed by atoms with Crippen LogP contribution in [0.3, 0.4) is 0 Å². The van der Waals surface area contributed by atoms with E-state index in [0.29, 0.717) is 26.2 Å². The molecule has 0 bridgehead atoms. The minimum atomic E-state index is -3.74. The average Bonchev–Trinajstić information content (AvgIpc) is 3.06. The Kier molecular flexibility index (Phi) is 6.13. The van der Waals surface area contributed by atoms with E-state index in [2.05, 4.69) is 26.9 Å². The molecule has 9 heteroatoms. The summed E-state index contributed by atoms with van der Waals surface area (Å²) in [5.41, 5.74) is 0.0702. The number of hydrogen-bond donors (Lipinski definition) is 0. The molecule has 0 saturated carbocycles. The highest BCUT2D eigenvalue weighted by atomic mass is 79.9. The molecular weight excluding hydrogens is 440 g/mol. The standard InChI is InChI=1S/C17H19BrN2O4S2/c1-24-17(21)14-4-2-3-5-15(14)26(22,23)20-10-8-19(9-11-20)12-13-6-7-16(18)25-13/h2-7H,8-12H2,1H3. The molecule has 0 aliphatic carbocycles. The first-order valence-corrected chi connectivity index (χ1v) is 11.1. The fraction of sp³-hybridized carbons (Fsp3) is 0.353. The Morgan fingerprint density at radius 2 is 1.85 bits per heavy atom. The average molecular weight is 459 g/mol. The summed E-state index contributed by atoms with van der Waals surface area (Å²) in [5, 5.41) is 0. The molecule has 2 aromatic rings. The maximum absolute atomic E-state index is 13.0. The quantitative estimate of drug-likeness (QED) is 0.644. The smallest absolute Gasteiger partial charge is 0.339 e. The van der Waals surface area contributed by atoms with Gasteiger partial charge in [0.2, 0.25) is 10.0 Å². The number of thiophene rings is 1. The van der Waals surface area contributed by atoms with Crippen molar-refractivity contribution in [2.24, 2.45) is 0 Å². The lowest BCUT2D eigenvalue weighted by Crippen LogP contribution is -2.48. The summed E-state index contributed by atoms with van der Waals surface area (Å²) in [6.45, 7) is 2.89. The zero-order valence-electron chi connectivity index (χ0n) is 14.2. The molecule has 1 fully saturated rings. The molecule has 1 aromatic carbocycles. The second-order valence-electron chi connectivity index (χ2n) is 5.87. The van der Waals surface area contributed by atoms with Gasteiger partial charge in [-0.25, -0.2) is 13.2 Å². The summed E-state index contributed by atoms with van der Waals surface area (Å²) in [6.07, 6.45) is 0. The van der Waals surface area contributed by atoms with Crippen LogP contribution in [0.5, 0.6) is 0 Å². The van der Waals surface area contributed by atoms with Crippen LogP contribution in [-0.4, -0.2) is 56.9 Å². The molecular formula is C17H19BrN2O4S2. The largest absolute Gasteiger partial charge is 0.465 e. The Bertz CT molecular complexity index is 890. The Labute approximate surface area is 165 Å². The van der Waals surface area contributed by atoms with Crippen LogP contribution in [0.4, 0.5) is 0 Å². The summed E-state index contributed by atoms with van der Waals surface area (Å²) in [7, 11) is -2.50. The first kappa shape index (κ1) is 19.5. The maximum Gasteiger partial charge on any atom is 0.339 e. The van der Waals surface area contributed by atoms with Gasteiger partial charge in [-0.3, -0.25) is 4.90 Å². The van der Waals surface area contributed by atoms with Crippen LogP contribution in [0.2, 0.25) is 0 Å². The summed E-state index contributed by atoms with van der Waals surface area (Å²) in [4.78, 5) is 15.4. The van der Waals surface area contributed by atoms with Crippen LogP contribution >= 0.6 is 27.3 Å². The van der Waals surface area contributed by atoms with E-state index in [-0.39, 0.29) is 10.5 Å². The molecule has 1 saturated heterocycles. The Morgan fingerprint density at radius 3 is 2.46 bits per heavy atom. The van der Waals surface area contributed by atoms with Gasteiger partial charge < -0.3 is 4.74 Å². The number of carbonyl (C=O) groups is 1. The first-order valence-electron chi connectivity index (χ1n) is 8.06. The topological polar surface area (TPSA) is 66.9 Å². The number of rotatable bonds is 5. The number of hydrogen-bond acceptors (Lipinski definition) is 6. The van der Waals surface area contributed by atoms with Crippen molar-refractivity contribution in [3.8, 4) is 0 Å². The molecule has 1 aliphatic heterocycles. The summed E-state index contributed by atoms with van der Waals surface area (Å²) in [5.74, 6) is -0.647. The van der Waals surface area contributed by atoms with Crippen molar-refractivity contribution in [3.05, 3.63) is 50.6 Å². The van der Waals surface area contributed by atoms with Crippen molar-refractivity contribution in [1.82, 2.24) is 9.21 Å². The Morgan fingerprint density at radius 1 is 1.15 bits per heavy atom. The van der Waals surface area contributed by atoms with Crippen molar-refractivity contribution in [2.75, 3.05) is 33.3 Å².